The van der Waals surface area contributed by atoms with E-state index < -0.39 is 11.7 Å². The van der Waals surface area contributed by atoms with Gasteiger partial charge in [0.1, 0.15) is 5.60 Å². The first kappa shape index (κ1) is 10.6. The van der Waals surface area contributed by atoms with Crippen molar-refractivity contribution in [1.29, 1.82) is 0 Å². The summed E-state index contributed by atoms with van der Waals surface area (Å²) in [6, 6.07) is 1.68. The Balaban J connectivity index is 2.50. The smallest absolute Gasteiger partial charge is 0.412 e. The van der Waals surface area contributed by atoms with E-state index in [9.17, 15) is 4.79 Å². The first-order valence-electron chi connectivity index (χ1n) is 4.41. The molecule has 0 aliphatic carbocycles. The zero-order valence-electron chi connectivity index (χ0n) is 8.92. The molecule has 0 aliphatic rings. The number of hydrogen-bond donors (Lipinski definition) is 1. The van der Waals surface area contributed by atoms with E-state index in [1.807, 2.05) is 27.8 Å². The van der Waals surface area contributed by atoms with Crippen molar-refractivity contribution in [3.8, 4) is 0 Å². The Hall–Kier alpha value is -1.45. The molecule has 0 aliphatic heterocycles. The molecule has 0 aromatic carbocycles. The molecule has 1 aromatic heterocycles. The first-order chi connectivity index (χ1) is 6.37. The molecule has 0 bridgehead atoms. The molecule has 0 saturated heterocycles. The second kappa shape index (κ2) is 3.74. The number of nitrogens with one attached hydrogen (secondary N) is 1. The van der Waals surface area contributed by atoms with Crippen LogP contribution in [0.1, 0.15) is 20.8 Å². The van der Waals surface area contributed by atoms with Crippen LogP contribution in [0, 0.1) is 6.20 Å². The zero-order chi connectivity index (χ0) is 10.8. The highest BCUT2D eigenvalue weighted by Crippen LogP contribution is 2.11. The Kier molecular flexibility index (Phi) is 2.84. The van der Waals surface area contributed by atoms with E-state index in [-0.39, 0.29) is 0 Å². The summed E-state index contributed by atoms with van der Waals surface area (Å²) in [5, 5.41) is 2.61. The predicted octanol–water partition coefficient (Wildman–Crippen LogP) is 2.17. The van der Waals surface area contributed by atoms with E-state index in [0.29, 0.717) is 5.69 Å². The van der Waals surface area contributed by atoms with Crippen molar-refractivity contribution in [2.75, 3.05) is 5.32 Å². The number of nitrogens with zero attached hydrogens (tertiary/aromatic N) is 1. The van der Waals surface area contributed by atoms with Crippen molar-refractivity contribution in [1.82, 2.24) is 4.57 Å². The average Bonchev–Trinajstić information content (AvgIpc) is 2.30. The lowest BCUT2D eigenvalue weighted by Gasteiger charge is -2.19. The summed E-state index contributed by atoms with van der Waals surface area (Å²) >= 11 is 0. The van der Waals surface area contributed by atoms with Gasteiger partial charge in [0.2, 0.25) is 0 Å². The minimum atomic E-state index is -0.470. The summed E-state index contributed by atoms with van der Waals surface area (Å²) in [5.41, 5.74) is 0.213. The van der Waals surface area contributed by atoms with Crippen LogP contribution in [0.4, 0.5) is 10.5 Å². The fraction of sp³-hybridized carbons (Fsp3) is 0.500. The second-order valence-corrected chi connectivity index (χ2v) is 4.10. The summed E-state index contributed by atoms with van der Waals surface area (Å²) in [6.07, 6.45) is 4.19. The molecule has 14 heavy (non-hydrogen) atoms. The van der Waals surface area contributed by atoms with Crippen LogP contribution in [0.3, 0.4) is 0 Å². The van der Waals surface area contributed by atoms with Gasteiger partial charge < -0.3 is 9.30 Å². The molecular weight excluding hydrogens is 180 g/mol. The molecule has 77 valence electrons. The van der Waals surface area contributed by atoms with Gasteiger partial charge in [-0.15, -0.1) is 0 Å². The monoisotopic (exact) mass is 195 g/mol. The SMILES string of the molecule is Cn1[c]cc(NC(=O)OC(C)(C)C)c1. The third kappa shape index (κ3) is 3.51. The van der Waals surface area contributed by atoms with Gasteiger partial charge in [-0.05, 0) is 26.8 Å². The van der Waals surface area contributed by atoms with E-state index in [1.165, 1.54) is 0 Å². The molecule has 1 aromatic rings. The van der Waals surface area contributed by atoms with Crippen LogP contribution in [-0.2, 0) is 11.8 Å². The fourth-order valence-electron chi connectivity index (χ4n) is 0.944. The number of amides is 1. The van der Waals surface area contributed by atoms with Gasteiger partial charge in [-0.3, -0.25) is 5.32 Å². The highest BCUT2D eigenvalue weighted by molar-refractivity contribution is 5.84. The van der Waals surface area contributed by atoms with Gasteiger partial charge in [-0.2, -0.15) is 0 Å². The lowest BCUT2D eigenvalue weighted by atomic mass is 10.2. The number of anilines is 1. The quantitative estimate of drug-likeness (QED) is 0.746. The Morgan fingerprint density at radius 1 is 1.57 bits per heavy atom. The van der Waals surface area contributed by atoms with Gasteiger partial charge >= 0.3 is 6.09 Å². The Morgan fingerprint density at radius 3 is 2.64 bits per heavy atom. The van der Waals surface area contributed by atoms with Gasteiger partial charge in [-0.25, -0.2) is 4.79 Å². The number of hydrogen-bond acceptors (Lipinski definition) is 2. The van der Waals surface area contributed by atoms with Crippen LogP contribution >= 0.6 is 0 Å². The van der Waals surface area contributed by atoms with Gasteiger partial charge in [-0.1, -0.05) is 0 Å². The maximum atomic E-state index is 11.3. The van der Waals surface area contributed by atoms with Crippen molar-refractivity contribution in [2.45, 2.75) is 26.4 Å². The molecule has 0 unspecified atom stereocenters. The maximum Gasteiger partial charge on any atom is 0.412 e. The molecule has 0 spiro atoms. The van der Waals surface area contributed by atoms with Crippen LogP contribution in [0.25, 0.3) is 0 Å². The largest absolute Gasteiger partial charge is 0.444 e. The average molecular weight is 195 g/mol. The van der Waals surface area contributed by atoms with E-state index in [0.717, 1.165) is 0 Å². The third-order valence-corrected chi connectivity index (χ3v) is 1.40. The standard InChI is InChI=1S/C10H15N2O2/c1-10(2,3)14-9(13)11-8-5-6-12(4)7-8/h5,7H,1-4H3,(H,11,13). The van der Waals surface area contributed by atoms with Gasteiger partial charge in [0.15, 0.2) is 0 Å². The van der Waals surface area contributed by atoms with Crippen molar-refractivity contribution in [3.63, 3.8) is 0 Å². The van der Waals surface area contributed by atoms with Crippen molar-refractivity contribution in [3.05, 3.63) is 18.5 Å². The topological polar surface area (TPSA) is 43.3 Å². The van der Waals surface area contributed by atoms with Crippen LogP contribution in [0.5, 0.6) is 0 Å². The molecule has 1 amide bonds. The van der Waals surface area contributed by atoms with Crippen molar-refractivity contribution >= 4 is 11.8 Å². The Labute approximate surface area is 83.9 Å². The van der Waals surface area contributed by atoms with Crippen molar-refractivity contribution in [2.24, 2.45) is 7.05 Å². The maximum absolute atomic E-state index is 11.3. The molecule has 4 heteroatoms. The number of carbonyl (C=O) groups is 1. The zero-order valence-corrected chi connectivity index (χ0v) is 8.92. The minimum Gasteiger partial charge on any atom is -0.444 e. The van der Waals surface area contributed by atoms with E-state index >= 15 is 0 Å². The molecule has 1 heterocycles. The highest BCUT2D eigenvalue weighted by Gasteiger charge is 2.16. The highest BCUT2D eigenvalue weighted by atomic mass is 16.6. The summed E-state index contributed by atoms with van der Waals surface area (Å²) in [6.45, 7) is 5.47. The first-order valence-corrected chi connectivity index (χ1v) is 4.41. The molecule has 0 fully saturated rings. The van der Waals surface area contributed by atoms with Gasteiger partial charge in [0.25, 0.3) is 0 Å². The third-order valence-electron chi connectivity index (χ3n) is 1.40. The molecule has 1 N–H and O–H groups in total. The molecule has 1 radical (unpaired) electrons. The number of rotatable bonds is 1. The lowest BCUT2D eigenvalue weighted by Crippen LogP contribution is -2.27. The lowest BCUT2D eigenvalue weighted by molar-refractivity contribution is 0.0636. The van der Waals surface area contributed by atoms with Crippen LogP contribution in [0.2, 0.25) is 0 Å². The predicted molar refractivity (Wildman–Crippen MR) is 54.1 cm³/mol. The molecule has 0 saturated carbocycles. The molecule has 1 rings (SSSR count). The van der Waals surface area contributed by atoms with E-state index in [4.69, 9.17) is 4.74 Å². The second-order valence-electron chi connectivity index (χ2n) is 4.10. The van der Waals surface area contributed by atoms with Crippen molar-refractivity contribution < 1.29 is 9.53 Å². The summed E-state index contributed by atoms with van der Waals surface area (Å²) in [7, 11) is 1.83. The molecular formula is C10H15N2O2. The number of aromatic nitrogens is 1. The summed E-state index contributed by atoms with van der Waals surface area (Å²) in [4.78, 5) is 11.3. The van der Waals surface area contributed by atoms with E-state index in [1.54, 1.807) is 16.8 Å². The fourth-order valence-corrected chi connectivity index (χ4v) is 0.944. The normalized spacial score (nSPS) is 11.1. The van der Waals surface area contributed by atoms with Crippen LogP contribution in [0.15, 0.2) is 12.3 Å². The number of ether oxygens (including phenoxy) is 1. The Morgan fingerprint density at radius 2 is 2.21 bits per heavy atom. The Bertz CT molecular complexity index is 323. The van der Waals surface area contributed by atoms with Gasteiger partial charge in [0, 0.05) is 13.2 Å². The molecule has 4 nitrogen and oxygen atoms in total. The van der Waals surface area contributed by atoms with Gasteiger partial charge in [0.05, 0.1) is 11.9 Å². The van der Waals surface area contributed by atoms with Crippen LogP contribution < -0.4 is 5.32 Å². The van der Waals surface area contributed by atoms with E-state index in [2.05, 4.69) is 11.5 Å². The summed E-state index contributed by atoms with van der Waals surface area (Å²) < 4.78 is 6.81. The number of aryl methyl sites for hydroxylation is 1. The number of carbonyl (C=O) groups excluding carboxylic acids is 1. The minimum absolute atomic E-state index is 0.447. The summed E-state index contributed by atoms with van der Waals surface area (Å²) in [5.74, 6) is 0. The van der Waals surface area contributed by atoms with Crippen LogP contribution in [-0.4, -0.2) is 16.3 Å². The molecule has 0 atom stereocenters.